The number of cyclic esters (lactones) is 1. The van der Waals surface area contributed by atoms with Crippen LogP contribution >= 0.6 is 0 Å². The van der Waals surface area contributed by atoms with Crippen LogP contribution < -0.4 is 10.6 Å². The molecule has 60 heavy (non-hydrogen) atoms. The Kier molecular flexibility index (Phi) is 19.2. The molecule has 5 N–H and O–H groups in total. The van der Waals surface area contributed by atoms with Gasteiger partial charge >= 0.3 is 11.9 Å². The molecule has 0 aliphatic carbocycles. The summed E-state index contributed by atoms with van der Waals surface area (Å²) in [6.07, 6.45) is -9.01. The van der Waals surface area contributed by atoms with Crippen LogP contribution in [0.15, 0.2) is 0 Å². The normalized spacial score (nSPS) is 44.0. The fourth-order valence-electron chi connectivity index (χ4n) is 9.23. The molecule has 18 atom stereocenters. The number of methoxy groups -OCH3 is 2. The van der Waals surface area contributed by atoms with Gasteiger partial charge < -0.3 is 63.8 Å². The van der Waals surface area contributed by atoms with Crippen LogP contribution in [-0.2, 0) is 52.3 Å². The summed E-state index contributed by atoms with van der Waals surface area (Å²) < 4.78 is 50.8. The molecule has 17 heteroatoms. The molecule has 0 unspecified atom stereocenters. The second kappa shape index (κ2) is 22.0. The fourth-order valence-corrected chi connectivity index (χ4v) is 9.23. The van der Waals surface area contributed by atoms with Gasteiger partial charge in [-0.2, -0.15) is 0 Å². The number of esters is 2. The molecule has 0 aromatic carbocycles. The van der Waals surface area contributed by atoms with E-state index in [0.29, 0.717) is 19.5 Å². The largest absolute Gasteiger partial charge is 0.459 e. The van der Waals surface area contributed by atoms with E-state index in [1.54, 1.807) is 48.6 Å². The van der Waals surface area contributed by atoms with Gasteiger partial charge in [0.05, 0.1) is 48.5 Å². The van der Waals surface area contributed by atoms with E-state index in [1.165, 1.54) is 21.1 Å². The van der Waals surface area contributed by atoms with Crippen LogP contribution in [0, 0.1) is 17.8 Å². The lowest BCUT2D eigenvalue weighted by Gasteiger charge is -2.49. The number of aliphatic hydroxyl groups is 3. The van der Waals surface area contributed by atoms with Crippen molar-refractivity contribution in [3.05, 3.63) is 0 Å². The van der Waals surface area contributed by atoms with Crippen molar-refractivity contribution in [3.63, 3.8) is 0 Å². The van der Waals surface area contributed by atoms with Gasteiger partial charge in [0.25, 0.3) is 0 Å². The molecule has 3 heterocycles. The number of aliphatic hydroxyl groups excluding tert-OH is 2. The van der Waals surface area contributed by atoms with Crippen molar-refractivity contribution in [3.8, 4) is 0 Å². The Bertz CT molecular complexity index is 1390. The minimum absolute atomic E-state index is 0.0831. The number of hydrogen-bond acceptors (Lipinski definition) is 16. The van der Waals surface area contributed by atoms with Gasteiger partial charge in [-0.3, -0.25) is 19.3 Å². The number of likely N-dealkylation sites (N-methyl/N-ethyl adjacent to an activating group) is 2. The Balaban J connectivity index is 2.18. The molecule has 3 aliphatic rings. The standard InChI is InChI=1S/C43H79N3O14/c1-16-30-43(12,52)35(49)27(8)45-38(50)23(4)20-41(10,53-14)36(60-40-33(48)29(44-13)19-24(5)55-40)25(6)34(26(7)39(51)57-30)59-32-21-42(11,54-15)37(28(9)56-32)58-31(47)22-46(17-2)18-3/h23-30,32-37,40,44,48-49,52H,16-22H2,1-15H3,(H,45,50)/t23-,24-,25+,26-,27-,28+,29+,30-,32+,33-,34+,35-,36-,37+,40+,41-,42-,43-/m1/s1. The number of hydrogen-bond donors (Lipinski definition) is 5. The van der Waals surface area contributed by atoms with Crippen molar-refractivity contribution in [2.75, 3.05) is 40.9 Å². The first-order valence-electron chi connectivity index (χ1n) is 21.9. The molecule has 3 aliphatic heterocycles. The minimum Gasteiger partial charge on any atom is -0.459 e. The van der Waals surface area contributed by atoms with Crippen molar-refractivity contribution >= 4 is 17.8 Å². The Morgan fingerprint density at radius 2 is 1.52 bits per heavy atom. The number of carbonyl (C=O) groups is 3. The molecule has 1 amide bonds. The Hall–Kier alpha value is -2.03. The number of nitrogens with one attached hydrogen (secondary N) is 2. The second-order valence-electron chi connectivity index (χ2n) is 18.0. The maximum atomic E-state index is 14.4. The Labute approximate surface area is 358 Å². The quantitative estimate of drug-likeness (QED) is 0.168. The summed E-state index contributed by atoms with van der Waals surface area (Å²) in [5.74, 6) is -4.13. The summed E-state index contributed by atoms with van der Waals surface area (Å²) in [7, 11) is 4.78. The van der Waals surface area contributed by atoms with Crippen LogP contribution in [0.1, 0.15) is 109 Å². The van der Waals surface area contributed by atoms with Gasteiger partial charge in [0.1, 0.15) is 29.5 Å². The molecule has 0 spiro atoms. The summed E-state index contributed by atoms with van der Waals surface area (Å²) in [5, 5.41) is 40.6. The third-order valence-electron chi connectivity index (χ3n) is 13.4. The molecule has 3 saturated heterocycles. The second-order valence-corrected chi connectivity index (χ2v) is 18.0. The zero-order valence-electron chi connectivity index (χ0n) is 38.9. The number of amides is 1. The summed E-state index contributed by atoms with van der Waals surface area (Å²) >= 11 is 0. The SMILES string of the molecule is CC[C@H]1OC(=O)[C@H](C)[C@@H](O[C@H]2C[C@@](C)(OC)[C@@H](OC(=O)CN(CC)CC)[C@H](C)O2)[C@H](C)[C@@H](O[C@@H]2O[C@H](C)C[C@H](NC)[C@H]2O)[C@](C)(OC)C[C@@H](C)C(=O)N[C@H](C)[C@@H](O)[C@]1(C)O. The van der Waals surface area contributed by atoms with Crippen LogP contribution in [0.4, 0.5) is 0 Å². The lowest BCUT2D eigenvalue weighted by atomic mass is 9.77. The Morgan fingerprint density at radius 3 is 2.07 bits per heavy atom. The zero-order valence-corrected chi connectivity index (χ0v) is 38.9. The van der Waals surface area contributed by atoms with Crippen LogP contribution in [0.3, 0.4) is 0 Å². The maximum absolute atomic E-state index is 14.4. The predicted octanol–water partition coefficient (Wildman–Crippen LogP) is 2.29. The van der Waals surface area contributed by atoms with Crippen molar-refractivity contribution in [2.24, 2.45) is 17.8 Å². The molecule has 3 fully saturated rings. The highest BCUT2D eigenvalue weighted by molar-refractivity contribution is 5.78. The van der Waals surface area contributed by atoms with E-state index in [2.05, 4.69) is 10.6 Å². The molecule has 0 aromatic rings. The number of carbonyl (C=O) groups excluding carboxylic acids is 3. The summed E-state index contributed by atoms with van der Waals surface area (Å²) in [5.41, 5.74) is -4.33. The lowest BCUT2D eigenvalue weighted by Crippen LogP contribution is -2.61. The molecule has 3 rings (SSSR count). The van der Waals surface area contributed by atoms with Gasteiger partial charge in [0.2, 0.25) is 5.91 Å². The van der Waals surface area contributed by atoms with Crippen molar-refractivity contribution in [2.45, 2.75) is 199 Å². The topological polar surface area (TPSA) is 213 Å². The molecule has 0 aromatic heterocycles. The molecule has 17 nitrogen and oxygen atoms in total. The van der Waals surface area contributed by atoms with E-state index in [1.807, 2.05) is 39.5 Å². The van der Waals surface area contributed by atoms with Crippen LogP contribution in [0.2, 0.25) is 0 Å². The minimum atomic E-state index is -1.97. The molecule has 0 radical (unpaired) electrons. The van der Waals surface area contributed by atoms with E-state index >= 15 is 0 Å². The number of nitrogens with zero attached hydrogens (tertiary/aromatic N) is 1. The van der Waals surface area contributed by atoms with E-state index in [-0.39, 0.29) is 38.0 Å². The van der Waals surface area contributed by atoms with Gasteiger partial charge in [-0.1, -0.05) is 34.6 Å². The smallest absolute Gasteiger partial charge is 0.320 e. The highest BCUT2D eigenvalue weighted by Gasteiger charge is 2.54. The lowest BCUT2D eigenvalue weighted by molar-refractivity contribution is -0.318. The van der Waals surface area contributed by atoms with Crippen LogP contribution in [0.25, 0.3) is 0 Å². The molecule has 350 valence electrons. The highest BCUT2D eigenvalue weighted by atomic mass is 16.7. The first-order valence-corrected chi connectivity index (χ1v) is 21.9. The molecule has 0 saturated carbocycles. The monoisotopic (exact) mass is 862 g/mol. The summed E-state index contributed by atoms with van der Waals surface area (Å²) in [6, 6.07) is -1.30. The van der Waals surface area contributed by atoms with Crippen molar-refractivity contribution < 1.29 is 67.6 Å². The van der Waals surface area contributed by atoms with Crippen molar-refractivity contribution in [1.29, 1.82) is 0 Å². The Morgan fingerprint density at radius 1 is 0.917 bits per heavy atom. The first-order chi connectivity index (χ1) is 28.0. The fraction of sp³-hybridized carbons (Fsp3) is 0.930. The predicted molar refractivity (Wildman–Crippen MR) is 222 cm³/mol. The van der Waals surface area contributed by atoms with E-state index in [4.69, 9.17) is 37.9 Å². The van der Waals surface area contributed by atoms with Gasteiger partial charge in [0, 0.05) is 38.5 Å². The molecular weight excluding hydrogens is 782 g/mol. The number of rotatable bonds is 13. The third-order valence-corrected chi connectivity index (χ3v) is 13.4. The molecular formula is C43H79N3O14. The average Bonchev–Trinajstić information content (AvgIpc) is 3.20. The summed E-state index contributed by atoms with van der Waals surface area (Å²) in [6.45, 7) is 22.5. The van der Waals surface area contributed by atoms with Gasteiger partial charge in [0.15, 0.2) is 18.7 Å². The van der Waals surface area contributed by atoms with E-state index < -0.39 is 114 Å². The van der Waals surface area contributed by atoms with Crippen LogP contribution in [0.5, 0.6) is 0 Å². The molecule has 0 bridgehead atoms. The van der Waals surface area contributed by atoms with Gasteiger partial charge in [-0.25, -0.2) is 0 Å². The zero-order chi connectivity index (χ0) is 45.5. The van der Waals surface area contributed by atoms with Crippen molar-refractivity contribution in [1.82, 2.24) is 15.5 Å². The van der Waals surface area contributed by atoms with Crippen LogP contribution in [-0.4, -0.2) is 169 Å². The van der Waals surface area contributed by atoms with Gasteiger partial charge in [-0.05, 0) is 87.9 Å². The number of ether oxygens (including phenoxy) is 8. The van der Waals surface area contributed by atoms with E-state index in [9.17, 15) is 29.7 Å². The summed E-state index contributed by atoms with van der Waals surface area (Å²) in [4.78, 5) is 43.3. The third kappa shape index (κ3) is 12.2. The van der Waals surface area contributed by atoms with Gasteiger partial charge in [-0.15, -0.1) is 0 Å². The first kappa shape index (κ1) is 52.3. The highest BCUT2D eigenvalue weighted by Crippen LogP contribution is 2.41. The maximum Gasteiger partial charge on any atom is 0.320 e. The van der Waals surface area contributed by atoms with E-state index in [0.717, 1.165) is 0 Å². The average molecular weight is 862 g/mol.